The standard InChI is InChI=1S/C11H10N4S/c12-7-8-3-4-13-11-6-9(14-15(8)11)10-2-1-5-16-10/h1-6H,7,12H2. The van der Waals surface area contributed by atoms with E-state index >= 15 is 0 Å². The van der Waals surface area contributed by atoms with Gasteiger partial charge in [-0.25, -0.2) is 9.50 Å². The van der Waals surface area contributed by atoms with Crippen molar-refractivity contribution in [3.8, 4) is 10.6 Å². The van der Waals surface area contributed by atoms with Gasteiger partial charge in [0.1, 0.15) is 5.69 Å². The van der Waals surface area contributed by atoms with Crippen LogP contribution in [0.3, 0.4) is 0 Å². The topological polar surface area (TPSA) is 56.2 Å². The molecule has 0 saturated heterocycles. The van der Waals surface area contributed by atoms with Crippen molar-refractivity contribution >= 4 is 17.0 Å². The molecule has 3 aromatic rings. The molecule has 0 aliphatic carbocycles. The average Bonchev–Trinajstić information content (AvgIpc) is 2.96. The first-order valence-corrected chi connectivity index (χ1v) is 5.84. The molecular weight excluding hydrogens is 220 g/mol. The zero-order valence-corrected chi connectivity index (χ0v) is 9.31. The van der Waals surface area contributed by atoms with E-state index in [0.717, 1.165) is 21.9 Å². The Kier molecular flexibility index (Phi) is 2.19. The Labute approximate surface area is 96.4 Å². The molecule has 0 saturated carbocycles. The highest BCUT2D eigenvalue weighted by Gasteiger charge is 2.07. The second-order valence-corrected chi connectivity index (χ2v) is 4.36. The van der Waals surface area contributed by atoms with Gasteiger partial charge in [-0.3, -0.25) is 0 Å². The van der Waals surface area contributed by atoms with Gasteiger partial charge in [-0.05, 0) is 17.5 Å². The van der Waals surface area contributed by atoms with Gasteiger partial charge >= 0.3 is 0 Å². The van der Waals surface area contributed by atoms with E-state index in [2.05, 4.69) is 16.1 Å². The van der Waals surface area contributed by atoms with Gasteiger partial charge < -0.3 is 5.73 Å². The molecule has 0 spiro atoms. The minimum absolute atomic E-state index is 0.463. The van der Waals surface area contributed by atoms with Gasteiger partial charge in [0.15, 0.2) is 5.65 Å². The van der Waals surface area contributed by atoms with Gasteiger partial charge in [-0.15, -0.1) is 11.3 Å². The summed E-state index contributed by atoms with van der Waals surface area (Å²) in [6.45, 7) is 0.463. The Bertz CT molecular complexity index is 612. The first-order chi connectivity index (χ1) is 7.88. The summed E-state index contributed by atoms with van der Waals surface area (Å²) >= 11 is 1.67. The fourth-order valence-electron chi connectivity index (χ4n) is 1.64. The third-order valence-corrected chi connectivity index (χ3v) is 3.31. The molecular formula is C11H10N4S. The molecule has 4 nitrogen and oxygen atoms in total. The van der Waals surface area contributed by atoms with Gasteiger partial charge in [0.25, 0.3) is 0 Å². The van der Waals surface area contributed by atoms with Crippen molar-refractivity contribution in [1.29, 1.82) is 0 Å². The summed E-state index contributed by atoms with van der Waals surface area (Å²) in [6.07, 6.45) is 1.76. The third kappa shape index (κ3) is 1.41. The highest BCUT2D eigenvalue weighted by atomic mass is 32.1. The van der Waals surface area contributed by atoms with Crippen molar-refractivity contribution in [2.45, 2.75) is 6.54 Å². The maximum absolute atomic E-state index is 5.66. The highest BCUT2D eigenvalue weighted by molar-refractivity contribution is 7.13. The van der Waals surface area contributed by atoms with Crippen LogP contribution in [0.1, 0.15) is 5.69 Å². The molecule has 0 aliphatic heterocycles. The molecule has 16 heavy (non-hydrogen) atoms. The van der Waals surface area contributed by atoms with Crippen LogP contribution in [0, 0.1) is 0 Å². The number of hydrogen-bond acceptors (Lipinski definition) is 4. The molecule has 0 atom stereocenters. The maximum Gasteiger partial charge on any atom is 0.155 e. The molecule has 0 fully saturated rings. The molecule has 80 valence electrons. The lowest BCUT2D eigenvalue weighted by Crippen LogP contribution is -2.05. The molecule has 0 amide bonds. The first kappa shape index (κ1) is 9.50. The van der Waals surface area contributed by atoms with E-state index in [1.54, 1.807) is 22.0 Å². The highest BCUT2D eigenvalue weighted by Crippen LogP contribution is 2.24. The Balaban J connectivity index is 2.23. The molecule has 5 heteroatoms. The van der Waals surface area contributed by atoms with E-state index in [1.807, 2.05) is 23.6 Å². The molecule has 0 bridgehead atoms. The molecule has 0 radical (unpaired) electrons. The summed E-state index contributed by atoms with van der Waals surface area (Å²) < 4.78 is 1.80. The molecule has 2 N–H and O–H groups in total. The maximum atomic E-state index is 5.66. The number of hydrogen-bond donors (Lipinski definition) is 1. The van der Waals surface area contributed by atoms with Crippen LogP contribution in [0.25, 0.3) is 16.2 Å². The average molecular weight is 230 g/mol. The molecule has 3 rings (SSSR count). The molecule has 0 aliphatic rings. The van der Waals surface area contributed by atoms with E-state index in [9.17, 15) is 0 Å². The van der Waals surface area contributed by atoms with Crippen LogP contribution in [0.4, 0.5) is 0 Å². The summed E-state index contributed by atoms with van der Waals surface area (Å²) in [5.74, 6) is 0. The third-order valence-electron chi connectivity index (χ3n) is 2.42. The monoisotopic (exact) mass is 230 g/mol. The number of rotatable bonds is 2. The molecule has 3 heterocycles. The predicted molar refractivity (Wildman–Crippen MR) is 64.2 cm³/mol. The smallest absolute Gasteiger partial charge is 0.155 e. The van der Waals surface area contributed by atoms with Crippen LogP contribution in [-0.2, 0) is 6.54 Å². The van der Waals surface area contributed by atoms with Crippen molar-refractivity contribution in [2.24, 2.45) is 5.73 Å². The van der Waals surface area contributed by atoms with Crippen molar-refractivity contribution in [1.82, 2.24) is 14.6 Å². The van der Waals surface area contributed by atoms with E-state index in [4.69, 9.17) is 5.73 Å². The van der Waals surface area contributed by atoms with Gasteiger partial charge in [0, 0.05) is 18.8 Å². The fraction of sp³-hybridized carbons (Fsp3) is 0.0909. The molecule has 0 aromatic carbocycles. The van der Waals surface area contributed by atoms with Crippen LogP contribution in [-0.4, -0.2) is 14.6 Å². The first-order valence-electron chi connectivity index (χ1n) is 4.96. The van der Waals surface area contributed by atoms with Crippen LogP contribution >= 0.6 is 11.3 Å². The molecule has 3 aromatic heterocycles. The lowest BCUT2D eigenvalue weighted by Gasteiger charge is -1.98. The summed E-state index contributed by atoms with van der Waals surface area (Å²) in [4.78, 5) is 5.42. The number of nitrogens with zero attached hydrogens (tertiary/aromatic N) is 3. The lowest BCUT2D eigenvalue weighted by molar-refractivity contribution is 0.838. The Morgan fingerprint density at radius 1 is 1.38 bits per heavy atom. The van der Waals surface area contributed by atoms with Crippen LogP contribution in [0.2, 0.25) is 0 Å². The van der Waals surface area contributed by atoms with Crippen molar-refractivity contribution in [2.75, 3.05) is 0 Å². The Hall–Kier alpha value is -1.72. The minimum Gasteiger partial charge on any atom is -0.325 e. The zero-order chi connectivity index (χ0) is 11.0. The Morgan fingerprint density at radius 2 is 2.31 bits per heavy atom. The number of nitrogens with two attached hydrogens (primary N) is 1. The van der Waals surface area contributed by atoms with E-state index in [-0.39, 0.29) is 0 Å². The predicted octanol–water partition coefficient (Wildman–Crippen LogP) is 1.92. The van der Waals surface area contributed by atoms with Crippen LogP contribution in [0.15, 0.2) is 35.8 Å². The zero-order valence-electron chi connectivity index (χ0n) is 8.50. The normalized spacial score (nSPS) is 11.1. The summed E-state index contributed by atoms with van der Waals surface area (Å²) in [5, 5.41) is 6.55. The summed E-state index contributed by atoms with van der Waals surface area (Å²) in [6, 6.07) is 7.93. The fourth-order valence-corrected chi connectivity index (χ4v) is 2.33. The van der Waals surface area contributed by atoms with E-state index in [0.29, 0.717) is 6.54 Å². The lowest BCUT2D eigenvalue weighted by atomic mass is 10.3. The quantitative estimate of drug-likeness (QED) is 0.731. The Morgan fingerprint density at radius 3 is 3.06 bits per heavy atom. The van der Waals surface area contributed by atoms with Crippen molar-refractivity contribution < 1.29 is 0 Å². The van der Waals surface area contributed by atoms with E-state index < -0.39 is 0 Å². The second kappa shape index (κ2) is 3.70. The van der Waals surface area contributed by atoms with Crippen molar-refractivity contribution in [3.63, 3.8) is 0 Å². The van der Waals surface area contributed by atoms with Crippen molar-refractivity contribution in [3.05, 3.63) is 41.5 Å². The number of aromatic nitrogens is 3. The summed E-state index contributed by atoms with van der Waals surface area (Å²) in [7, 11) is 0. The van der Waals surface area contributed by atoms with Crippen LogP contribution < -0.4 is 5.73 Å². The van der Waals surface area contributed by atoms with Gasteiger partial charge in [0.2, 0.25) is 0 Å². The summed E-state index contributed by atoms with van der Waals surface area (Å²) in [5.41, 5.74) is 8.41. The minimum atomic E-state index is 0.463. The number of fused-ring (bicyclic) bond motifs is 1. The van der Waals surface area contributed by atoms with Crippen LogP contribution in [0.5, 0.6) is 0 Å². The van der Waals surface area contributed by atoms with Gasteiger partial charge in [-0.1, -0.05) is 6.07 Å². The van der Waals surface area contributed by atoms with E-state index in [1.165, 1.54) is 0 Å². The molecule has 0 unspecified atom stereocenters. The largest absolute Gasteiger partial charge is 0.325 e. The SMILES string of the molecule is NCc1ccnc2cc(-c3cccs3)nn12. The van der Waals surface area contributed by atoms with Gasteiger partial charge in [0.05, 0.1) is 10.6 Å². The second-order valence-electron chi connectivity index (χ2n) is 3.42. The number of thiophene rings is 1. The van der Waals surface area contributed by atoms with Gasteiger partial charge in [-0.2, -0.15) is 5.10 Å².